The second-order valence-electron chi connectivity index (χ2n) is 4.38. The van der Waals surface area contributed by atoms with Gasteiger partial charge in [0.15, 0.2) is 0 Å². The zero-order valence-electron chi connectivity index (χ0n) is 10.8. The summed E-state index contributed by atoms with van der Waals surface area (Å²) in [7, 11) is 1.79. The van der Waals surface area contributed by atoms with Crippen molar-refractivity contribution in [3.63, 3.8) is 0 Å². The number of hydrogen-bond donors (Lipinski definition) is 1. The van der Waals surface area contributed by atoms with E-state index in [1.54, 1.807) is 11.9 Å². The fourth-order valence-electron chi connectivity index (χ4n) is 1.91. The van der Waals surface area contributed by atoms with E-state index in [0.717, 1.165) is 12.1 Å². The van der Waals surface area contributed by atoms with Crippen molar-refractivity contribution in [1.82, 2.24) is 10.2 Å². The smallest absolute Gasteiger partial charge is 0.253 e. The summed E-state index contributed by atoms with van der Waals surface area (Å²) in [6.45, 7) is 2.55. The minimum atomic E-state index is -0.365. The molecule has 1 aromatic carbocycles. The maximum absolute atomic E-state index is 12.1. The van der Waals surface area contributed by atoms with Crippen LogP contribution in [-0.2, 0) is 16.1 Å². The highest BCUT2D eigenvalue weighted by Crippen LogP contribution is 2.12. The molecular formula is C13H18Cl2N2O2. The molecule has 1 aromatic rings. The first-order valence-corrected chi connectivity index (χ1v) is 6.36. The minimum Gasteiger partial charge on any atom is -0.366 e. The van der Waals surface area contributed by atoms with Gasteiger partial charge in [-0.1, -0.05) is 23.7 Å². The topological polar surface area (TPSA) is 41.6 Å². The molecule has 1 N–H and O–H groups in total. The lowest BCUT2D eigenvalue weighted by Gasteiger charge is -2.27. The molecule has 6 heteroatoms. The number of carbonyl (C=O) groups is 1. The number of rotatable bonds is 3. The van der Waals surface area contributed by atoms with Gasteiger partial charge in [-0.3, -0.25) is 4.79 Å². The van der Waals surface area contributed by atoms with Crippen molar-refractivity contribution in [3.8, 4) is 0 Å². The molecule has 19 heavy (non-hydrogen) atoms. The minimum absolute atomic E-state index is 0. The summed E-state index contributed by atoms with van der Waals surface area (Å²) in [6.07, 6.45) is -0.365. The number of amides is 1. The Morgan fingerprint density at radius 3 is 2.74 bits per heavy atom. The van der Waals surface area contributed by atoms with Gasteiger partial charge in [-0.05, 0) is 17.7 Å². The largest absolute Gasteiger partial charge is 0.366 e. The molecule has 1 atom stereocenters. The number of nitrogens with zero attached hydrogens (tertiary/aromatic N) is 1. The first kappa shape index (κ1) is 16.2. The molecule has 1 saturated heterocycles. The average molecular weight is 305 g/mol. The molecule has 0 aromatic heterocycles. The van der Waals surface area contributed by atoms with Crippen LogP contribution in [0.4, 0.5) is 0 Å². The molecule has 4 nitrogen and oxygen atoms in total. The van der Waals surface area contributed by atoms with E-state index in [1.807, 2.05) is 24.3 Å². The van der Waals surface area contributed by atoms with E-state index in [4.69, 9.17) is 16.3 Å². The lowest BCUT2D eigenvalue weighted by Crippen LogP contribution is -2.48. The van der Waals surface area contributed by atoms with Gasteiger partial charge >= 0.3 is 0 Å². The number of ether oxygens (including phenoxy) is 1. The maximum Gasteiger partial charge on any atom is 0.253 e. The molecule has 1 unspecified atom stereocenters. The third kappa shape index (κ3) is 4.66. The van der Waals surface area contributed by atoms with E-state index in [1.165, 1.54) is 0 Å². The standard InChI is InChI=1S/C13H17ClN2O2.ClH/c1-16(9-10-2-4-11(14)5-3-10)13(17)12-8-15-6-7-18-12;/h2-5,12,15H,6-9H2,1H3;1H. The third-order valence-electron chi connectivity index (χ3n) is 2.91. The number of halogens is 2. The monoisotopic (exact) mass is 304 g/mol. The zero-order chi connectivity index (χ0) is 13.0. The van der Waals surface area contributed by atoms with Gasteiger partial charge in [-0.25, -0.2) is 0 Å². The van der Waals surface area contributed by atoms with Crippen LogP contribution in [0.25, 0.3) is 0 Å². The Labute approximate surface area is 124 Å². The number of nitrogens with one attached hydrogen (secondary N) is 1. The van der Waals surface area contributed by atoms with E-state index in [9.17, 15) is 4.79 Å². The molecule has 0 bridgehead atoms. The quantitative estimate of drug-likeness (QED) is 0.924. The molecule has 2 rings (SSSR count). The fraction of sp³-hybridized carbons (Fsp3) is 0.462. The van der Waals surface area contributed by atoms with Gasteiger partial charge in [0.05, 0.1) is 6.61 Å². The number of morpholine rings is 1. The SMILES string of the molecule is CN(Cc1ccc(Cl)cc1)C(=O)C1CNCCO1.Cl. The Morgan fingerprint density at radius 2 is 2.16 bits per heavy atom. The molecule has 0 aliphatic carbocycles. The summed E-state index contributed by atoms with van der Waals surface area (Å²) in [6, 6.07) is 7.50. The third-order valence-corrected chi connectivity index (χ3v) is 3.16. The van der Waals surface area contributed by atoms with E-state index in [0.29, 0.717) is 24.7 Å². The average Bonchev–Trinajstić information content (AvgIpc) is 2.41. The first-order chi connectivity index (χ1) is 8.66. The van der Waals surface area contributed by atoms with Gasteiger partial charge in [-0.2, -0.15) is 0 Å². The fourth-order valence-corrected chi connectivity index (χ4v) is 2.04. The van der Waals surface area contributed by atoms with Crippen LogP contribution in [0.1, 0.15) is 5.56 Å². The number of carbonyl (C=O) groups excluding carboxylic acids is 1. The van der Waals surface area contributed by atoms with Gasteiger partial charge in [-0.15, -0.1) is 12.4 Å². The normalized spacial score (nSPS) is 18.5. The molecule has 0 radical (unpaired) electrons. The molecule has 1 fully saturated rings. The van der Waals surface area contributed by atoms with Crippen molar-refractivity contribution in [2.45, 2.75) is 12.6 Å². The molecule has 1 aliphatic rings. The lowest BCUT2D eigenvalue weighted by molar-refractivity contribution is -0.144. The highest BCUT2D eigenvalue weighted by Gasteiger charge is 2.24. The highest BCUT2D eigenvalue weighted by molar-refractivity contribution is 6.30. The summed E-state index contributed by atoms with van der Waals surface area (Å²) >= 11 is 5.82. The van der Waals surface area contributed by atoms with Gasteiger partial charge in [0, 0.05) is 31.7 Å². The second-order valence-corrected chi connectivity index (χ2v) is 4.82. The zero-order valence-corrected chi connectivity index (χ0v) is 12.3. The molecule has 0 saturated carbocycles. The lowest BCUT2D eigenvalue weighted by atomic mass is 10.2. The van der Waals surface area contributed by atoms with E-state index in [-0.39, 0.29) is 24.4 Å². The summed E-state index contributed by atoms with van der Waals surface area (Å²) in [5.41, 5.74) is 1.05. The van der Waals surface area contributed by atoms with Crippen molar-refractivity contribution in [2.75, 3.05) is 26.7 Å². The number of likely N-dealkylation sites (N-methyl/N-ethyl adjacent to an activating group) is 1. The maximum atomic E-state index is 12.1. The second kappa shape index (κ2) is 7.70. The van der Waals surface area contributed by atoms with Crippen LogP contribution in [0.15, 0.2) is 24.3 Å². The van der Waals surface area contributed by atoms with Gasteiger partial charge in [0.2, 0.25) is 0 Å². The van der Waals surface area contributed by atoms with E-state index < -0.39 is 0 Å². The van der Waals surface area contributed by atoms with Crippen molar-refractivity contribution in [3.05, 3.63) is 34.9 Å². The Hall–Kier alpha value is -0.810. The van der Waals surface area contributed by atoms with Crippen molar-refractivity contribution in [2.24, 2.45) is 0 Å². The summed E-state index contributed by atoms with van der Waals surface area (Å²) in [5.74, 6) is 0.0113. The Bertz CT molecular complexity index is 406. The summed E-state index contributed by atoms with van der Waals surface area (Å²) in [4.78, 5) is 13.8. The summed E-state index contributed by atoms with van der Waals surface area (Å²) < 4.78 is 5.44. The number of hydrogen-bond acceptors (Lipinski definition) is 3. The van der Waals surface area contributed by atoms with Crippen LogP contribution in [0.2, 0.25) is 5.02 Å². The van der Waals surface area contributed by atoms with Crippen molar-refractivity contribution < 1.29 is 9.53 Å². The molecule has 1 aliphatic heterocycles. The van der Waals surface area contributed by atoms with Gasteiger partial charge < -0.3 is 15.0 Å². The molecule has 106 valence electrons. The Balaban J connectivity index is 0.00000180. The predicted octanol–water partition coefficient (Wildman–Crippen LogP) is 1.71. The first-order valence-electron chi connectivity index (χ1n) is 5.98. The molecule has 1 heterocycles. The van der Waals surface area contributed by atoms with Crippen LogP contribution in [0.5, 0.6) is 0 Å². The Kier molecular flexibility index (Phi) is 6.58. The van der Waals surface area contributed by atoms with Crippen LogP contribution < -0.4 is 5.32 Å². The molecule has 0 spiro atoms. The number of benzene rings is 1. The van der Waals surface area contributed by atoms with Crippen LogP contribution in [0, 0.1) is 0 Å². The summed E-state index contributed by atoms with van der Waals surface area (Å²) in [5, 5.41) is 3.85. The van der Waals surface area contributed by atoms with Crippen LogP contribution in [0.3, 0.4) is 0 Å². The van der Waals surface area contributed by atoms with Crippen LogP contribution >= 0.6 is 24.0 Å². The van der Waals surface area contributed by atoms with E-state index >= 15 is 0 Å². The van der Waals surface area contributed by atoms with Gasteiger partial charge in [0.1, 0.15) is 6.10 Å². The van der Waals surface area contributed by atoms with Crippen LogP contribution in [-0.4, -0.2) is 43.7 Å². The van der Waals surface area contributed by atoms with E-state index in [2.05, 4.69) is 5.32 Å². The van der Waals surface area contributed by atoms with Crippen molar-refractivity contribution >= 4 is 29.9 Å². The predicted molar refractivity (Wildman–Crippen MR) is 77.8 cm³/mol. The molecule has 1 amide bonds. The van der Waals surface area contributed by atoms with Crippen molar-refractivity contribution in [1.29, 1.82) is 0 Å². The highest BCUT2D eigenvalue weighted by atomic mass is 35.5. The Morgan fingerprint density at radius 1 is 1.47 bits per heavy atom. The molecular weight excluding hydrogens is 287 g/mol. The van der Waals surface area contributed by atoms with Gasteiger partial charge in [0.25, 0.3) is 5.91 Å².